The van der Waals surface area contributed by atoms with E-state index in [1.807, 2.05) is 13.0 Å². The van der Waals surface area contributed by atoms with Crippen molar-refractivity contribution in [2.45, 2.75) is 19.4 Å². The van der Waals surface area contributed by atoms with Gasteiger partial charge in [-0.1, -0.05) is 17.7 Å². The molecule has 0 aliphatic carbocycles. The van der Waals surface area contributed by atoms with Crippen molar-refractivity contribution < 1.29 is 13.9 Å². The molecule has 1 aromatic heterocycles. The number of H-pyrrole nitrogens is 1. The van der Waals surface area contributed by atoms with Gasteiger partial charge in [0.1, 0.15) is 5.75 Å². The molecule has 1 aliphatic rings. The Morgan fingerprint density at radius 3 is 3.04 bits per heavy atom. The average Bonchev–Trinajstić information content (AvgIpc) is 3.18. The SMILES string of the molecule is CC(NC(=O)c1cccc2[nH]c(=O)oc12)c1cc(Cl)cc2c1OCC2. The van der Waals surface area contributed by atoms with Crippen LogP contribution in [-0.2, 0) is 6.42 Å². The molecule has 1 aliphatic heterocycles. The first-order chi connectivity index (χ1) is 12.0. The lowest BCUT2D eigenvalue weighted by Crippen LogP contribution is -2.27. The molecule has 1 unspecified atom stereocenters. The molecule has 0 fully saturated rings. The highest BCUT2D eigenvalue weighted by molar-refractivity contribution is 6.30. The van der Waals surface area contributed by atoms with Crippen LogP contribution in [0.2, 0.25) is 5.02 Å². The smallest absolute Gasteiger partial charge is 0.417 e. The first-order valence-corrected chi connectivity index (χ1v) is 8.28. The average molecular weight is 359 g/mol. The van der Waals surface area contributed by atoms with Crippen LogP contribution in [0.5, 0.6) is 5.75 Å². The number of amides is 1. The second kappa shape index (κ2) is 5.97. The van der Waals surface area contributed by atoms with Gasteiger partial charge in [-0.2, -0.15) is 0 Å². The number of halogens is 1. The molecule has 3 aromatic rings. The van der Waals surface area contributed by atoms with Gasteiger partial charge in [0.15, 0.2) is 5.58 Å². The molecular formula is C18H15ClN2O4. The summed E-state index contributed by atoms with van der Waals surface area (Å²) in [6.07, 6.45) is 0.803. The number of aromatic amines is 1. The third-order valence-corrected chi connectivity index (χ3v) is 4.50. The Bertz CT molecular complexity index is 1040. The molecule has 4 rings (SSSR count). The third-order valence-electron chi connectivity index (χ3n) is 4.28. The highest BCUT2D eigenvalue weighted by Crippen LogP contribution is 2.36. The number of hydrogen-bond acceptors (Lipinski definition) is 4. The molecule has 1 amide bonds. The van der Waals surface area contributed by atoms with Crippen LogP contribution in [-0.4, -0.2) is 17.5 Å². The summed E-state index contributed by atoms with van der Waals surface area (Å²) in [5.41, 5.74) is 2.89. The van der Waals surface area contributed by atoms with E-state index in [4.69, 9.17) is 20.8 Å². The number of rotatable bonds is 3. The van der Waals surface area contributed by atoms with Crippen LogP contribution in [0.4, 0.5) is 0 Å². The predicted octanol–water partition coefficient (Wildman–Crippen LogP) is 3.20. The van der Waals surface area contributed by atoms with Gasteiger partial charge in [-0.25, -0.2) is 4.79 Å². The summed E-state index contributed by atoms with van der Waals surface area (Å²) in [7, 11) is 0. The monoisotopic (exact) mass is 358 g/mol. The number of carbonyl (C=O) groups is 1. The normalized spacial score (nSPS) is 14.2. The number of fused-ring (bicyclic) bond motifs is 2. The zero-order valence-electron chi connectivity index (χ0n) is 13.4. The molecule has 0 radical (unpaired) electrons. The number of oxazole rings is 1. The lowest BCUT2D eigenvalue weighted by Gasteiger charge is -2.18. The van der Waals surface area contributed by atoms with Crippen LogP contribution in [0.25, 0.3) is 11.1 Å². The molecule has 0 saturated heterocycles. The molecule has 2 N–H and O–H groups in total. The zero-order valence-corrected chi connectivity index (χ0v) is 14.1. The maximum Gasteiger partial charge on any atom is 0.417 e. The van der Waals surface area contributed by atoms with Crippen molar-refractivity contribution in [2.24, 2.45) is 0 Å². The minimum atomic E-state index is -0.593. The molecule has 0 spiro atoms. The van der Waals surface area contributed by atoms with Gasteiger partial charge in [-0.15, -0.1) is 0 Å². The Balaban J connectivity index is 1.66. The fraction of sp³-hybridized carbons (Fsp3) is 0.222. The van der Waals surface area contributed by atoms with Gasteiger partial charge in [0, 0.05) is 17.0 Å². The number of benzene rings is 2. The summed E-state index contributed by atoms with van der Waals surface area (Å²) in [6.45, 7) is 2.47. The van der Waals surface area contributed by atoms with Gasteiger partial charge >= 0.3 is 5.76 Å². The summed E-state index contributed by atoms with van der Waals surface area (Å²) in [5.74, 6) is -0.152. The number of carbonyl (C=O) groups excluding carboxylic acids is 1. The highest BCUT2D eigenvalue weighted by Gasteiger charge is 2.23. The second-order valence-electron chi connectivity index (χ2n) is 5.97. The fourth-order valence-electron chi connectivity index (χ4n) is 3.12. The van der Waals surface area contributed by atoms with E-state index in [2.05, 4.69) is 10.3 Å². The molecular weight excluding hydrogens is 344 g/mol. The number of aromatic nitrogens is 1. The molecule has 7 heteroatoms. The van der Waals surface area contributed by atoms with E-state index >= 15 is 0 Å². The standard InChI is InChI=1S/C18H15ClN2O4/c1-9(13-8-11(19)7-10-5-6-24-15(10)13)20-17(22)12-3-2-4-14-16(12)25-18(23)21-14/h2-4,7-9H,5-6H2,1H3,(H,20,22)(H,21,23). The summed E-state index contributed by atoms with van der Waals surface area (Å²) in [4.78, 5) is 26.6. The summed E-state index contributed by atoms with van der Waals surface area (Å²) in [6, 6.07) is 8.34. The fourth-order valence-corrected chi connectivity index (χ4v) is 3.37. The topological polar surface area (TPSA) is 84.3 Å². The van der Waals surface area contributed by atoms with Crippen LogP contribution < -0.4 is 15.8 Å². The second-order valence-corrected chi connectivity index (χ2v) is 6.41. The molecule has 2 aromatic carbocycles. The predicted molar refractivity (Wildman–Crippen MR) is 93.4 cm³/mol. The minimum Gasteiger partial charge on any atom is -0.493 e. The molecule has 6 nitrogen and oxygen atoms in total. The Hall–Kier alpha value is -2.73. The van der Waals surface area contributed by atoms with Crippen LogP contribution >= 0.6 is 11.6 Å². The number of hydrogen-bond donors (Lipinski definition) is 2. The van der Waals surface area contributed by atoms with Gasteiger partial charge in [0.2, 0.25) is 0 Å². The maximum atomic E-state index is 12.7. The maximum absolute atomic E-state index is 12.7. The van der Waals surface area contributed by atoms with Crippen molar-refractivity contribution in [1.82, 2.24) is 10.3 Å². The Morgan fingerprint density at radius 2 is 2.20 bits per heavy atom. The van der Waals surface area contributed by atoms with E-state index in [-0.39, 0.29) is 17.5 Å². The molecule has 0 bridgehead atoms. The van der Waals surface area contributed by atoms with Crippen LogP contribution in [0.15, 0.2) is 39.5 Å². The quantitative estimate of drug-likeness (QED) is 0.753. The highest BCUT2D eigenvalue weighted by atomic mass is 35.5. The van der Waals surface area contributed by atoms with E-state index in [9.17, 15) is 9.59 Å². The van der Waals surface area contributed by atoms with Gasteiger partial charge < -0.3 is 14.5 Å². The van der Waals surface area contributed by atoms with Crippen molar-refractivity contribution in [2.75, 3.05) is 6.61 Å². The van der Waals surface area contributed by atoms with E-state index in [1.165, 1.54) is 0 Å². The van der Waals surface area contributed by atoms with Crippen LogP contribution in [0.3, 0.4) is 0 Å². The van der Waals surface area contributed by atoms with E-state index in [0.29, 0.717) is 22.7 Å². The molecule has 1 atom stereocenters. The van der Waals surface area contributed by atoms with Gasteiger partial charge in [0.05, 0.1) is 23.7 Å². The molecule has 25 heavy (non-hydrogen) atoms. The first-order valence-electron chi connectivity index (χ1n) is 7.91. The number of ether oxygens (including phenoxy) is 1. The Kier molecular flexibility index (Phi) is 3.77. The van der Waals surface area contributed by atoms with Crippen molar-refractivity contribution in [3.05, 3.63) is 62.6 Å². The van der Waals surface area contributed by atoms with Crippen molar-refractivity contribution >= 4 is 28.6 Å². The summed E-state index contributed by atoms with van der Waals surface area (Å²) >= 11 is 6.18. The molecule has 0 saturated carbocycles. The lowest BCUT2D eigenvalue weighted by molar-refractivity contribution is 0.0940. The number of nitrogens with one attached hydrogen (secondary N) is 2. The van der Waals surface area contributed by atoms with E-state index in [0.717, 1.165) is 23.3 Å². The minimum absolute atomic E-state index is 0.241. The number of para-hydroxylation sites is 1. The van der Waals surface area contributed by atoms with Gasteiger partial charge in [-0.3, -0.25) is 9.78 Å². The van der Waals surface area contributed by atoms with E-state index < -0.39 is 5.76 Å². The van der Waals surface area contributed by atoms with Crippen molar-refractivity contribution in [1.29, 1.82) is 0 Å². The Labute approximate surface area is 147 Å². The van der Waals surface area contributed by atoms with Crippen LogP contribution in [0, 0.1) is 0 Å². The van der Waals surface area contributed by atoms with Crippen molar-refractivity contribution in [3.8, 4) is 5.75 Å². The first kappa shape index (κ1) is 15.8. The van der Waals surface area contributed by atoms with Crippen LogP contribution in [0.1, 0.15) is 34.5 Å². The van der Waals surface area contributed by atoms with Gasteiger partial charge in [0.25, 0.3) is 5.91 Å². The van der Waals surface area contributed by atoms with Gasteiger partial charge in [-0.05, 0) is 36.8 Å². The largest absolute Gasteiger partial charge is 0.493 e. The summed E-state index contributed by atoms with van der Waals surface area (Å²) in [5, 5.41) is 3.53. The molecule has 128 valence electrons. The third kappa shape index (κ3) is 2.78. The van der Waals surface area contributed by atoms with E-state index in [1.54, 1.807) is 24.3 Å². The summed E-state index contributed by atoms with van der Waals surface area (Å²) < 4.78 is 10.8. The lowest BCUT2D eigenvalue weighted by atomic mass is 10.0. The zero-order chi connectivity index (χ0) is 17.6. The van der Waals surface area contributed by atoms with Crippen molar-refractivity contribution in [3.63, 3.8) is 0 Å². The Morgan fingerprint density at radius 1 is 1.36 bits per heavy atom. The molecule has 2 heterocycles.